The van der Waals surface area contributed by atoms with Crippen LogP contribution in [0.3, 0.4) is 0 Å². The van der Waals surface area contributed by atoms with Crippen LogP contribution in [0, 0.1) is 0 Å². The first-order valence-electron chi connectivity index (χ1n) is 9.34. The van der Waals surface area contributed by atoms with Gasteiger partial charge in [-0.25, -0.2) is 0 Å². The lowest BCUT2D eigenvalue weighted by molar-refractivity contribution is -0.133. The van der Waals surface area contributed by atoms with Crippen LogP contribution < -0.4 is 9.47 Å². The molecule has 146 valence electrons. The summed E-state index contributed by atoms with van der Waals surface area (Å²) in [6.45, 7) is 2.14. The number of methoxy groups -OCH3 is 2. The van der Waals surface area contributed by atoms with E-state index in [1.165, 1.54) is 10.4 Å². The topological polar surface area (TPSA) is 42.0 Å². The molecular weight excluding hydrogens is 360 g/mol. The first kappa shape index (κ1) is 19.7. The molecule has 0 saturated carbocycles. The Morgan fingerprint density at radius 1 is 1.26 bits per heavy atom. The molecule has 0 spiro atoms. The fraction of sp³-hybridized carbons (Fsp3) is 0.476. The first-order valence-corrected chi connectivity index (χ1v) is 10.2. The molecule has 1 fully saturated rings. The Kier molecular flexibility index (Phi) is 6.74. The summed E-state index contributed by atoms with van der Waals surface area (Å²) in [5.74, 6) is 1.70. The van der Waals surface area contributed by atoms with Gasteiger partial charge in [0.25, 0.3) is 0 Å². The van der Waals surface area contributed by atoms with Crippen LogP contribution in [0.5, 0.6) is 11.5 Å². The van der Waals surface area contributed by atoms with Gasteiger partial charge < -0.3 is 14.4 Å². The fourth-order valence-electron chi connectivity index (χ4n) is 3.60. The number of thiophene rings is 1. The maximum Gasteiger partial charge on any atom is 0.237 e. The summed E-state index contributed by atoms with van der Waals surface area (Å²) in [5, 5.41) is 2.09. The van der Waals surface area contributed by atoms with Crippen molar-refractivity contribution in [1.82, 2.24) is 9.80 Å². The van der Waals surface area contributed by atoms with Gasteiger partial charge in [-0.3, -0.25) is 9.69 Å². The van der Waals surface area contributed by atoms with Crippen LogP contribution in [0.25, 0.3) is 0 Å². The Morgan fingerprint density at radius 3 is 2.78 bits per heavy atom. The van der Waals surface area contributed by atoms with Crippen molar-refractivity contribution in [2.24, 2.45) is 0 Å². The number of nitrogens with zero attached hydrogens (tertiary/aromatic N) is 2. The molecule has 1 aromatic heterocycles. The summed E-state index contributed by atoms with van der Waals surface area (Å²) < 4.78 is 10.6. The number of hydrogen-bond acceptors (Lipinski definition) is 5. The van der Waals surface area contributed by atoms with Crippen LogP contribution in [0.2, 0.25) is 0 Å². The van der Waals surface area contributed by atoms with Crippen molar-refractivity contribution in [3.8, 4) is 11.5 Å². The van der Waals surface area contributed by atoms with Gasteiger partial charge in [-0.05, 0) is 55.5 Å². The van der Waals surface area contributed by atoms with E-state index in [1.807, 2.05) is 25.2 Å². The molecule has 1 saturated heterocycles. The second kappa shape index (κ2) is 9.24. The molecule has 1 aliphatic heterocycles. The minimum Gasteiger partial charge on any atom is -0.493 e. The zero-order valence-corrected chi connectivity index (χ0v) is 17.1. The zero-order chi connectivity index (χ0) is 19.2. The van der Waals surface area contributed by atoms with E-state index in [-0.39, 0.29) is 11.9 Å². The maximum atomic E-state index is 12.8. The third-order valence-corrected chi connectivity index (χ3v) is 6.05. The van der Waals surface area contributed by atoms with Crippen molar-refractivity contribution in [1.29, 1.82) is 0 Å². The third kappa shape index (κ3) is 4.82. The molecule has 3 rings (SSSR count). The standard InChI is InChI=1S/C21H28N2O3S/c1-22(12-10-16-8-9-18(25-2)19(14-16)26-3)15-21(24)23-11-4-6-17(23)20-7-5-13-27-20/h5,7-9,13-14,17H,4,6,10-12,15H2,1-3H3/t17-/m1/s1. The Labute approximate surface area is 165 Å². The second-order valence-corrected chi connectivity index (χ2v) is 7.92. The Bertz CT molecular complexity index is 748. The van der Waals surface area contributed by atoms with Gasteiger partial charge in [0, 0.05) is 18.0 Å². The molecule has 0 radical (unpaired) electrons. The summed E-state index contributed by atoms with van der Waals surface area (Å²) in [4.78, 5) is 18.3. The number of carbonyl (C=O) groups is 1. The molecule has 5 nitrogen and oxygen atoms in total. The highest BCUT2D eigenvalue weighted by Gasteiger charge is 2.30. The van der Waals surface area contributed by atoms with Crippen molar-refractivity contribution >= 4 is 17.2 Å². The molecule has 2 heterocycles. The molecule has 0 bridgehead atoms. The normalized spacial score (nSPS) is 16.7. The van der Waals surface area contributed by atoms with Crippen LogP contribution in [0.15, 0.2) is 35.7 Å². The molecular formula is C21H28N2O3S. The number of benzene rings is 1. The van der Waals surface area contributed by atoms with Crippen LogP contribution in [0.1, 0.15) is 29.3 Å². The minimum absolute atomic E-state index is 0.223. The van der Waals surface area contributed by atoms with E-state index in [1.54, 1.807) is 25.6 Å². The van der Waals surface area contributed by atoms with Gasteiger partial charge in [0.15, 0.2) is 11.5 Å². The number of likely N-dealkylation sites (tertiary alicyclic amines) is 1. The molecule has 1 atom stereocenters. The first-order chi connectivity index (χ1) is 13.1. The van der Waals surface area contributed by atoms with Crippen molar-refractivity contribution in [2.45, 2.75) is 25.3 Å². The van der Waals surface area contributed by atoms with E-state index in [9.17, 15) is 4.79 Å². The zero-order valence-electron chi connectivity index (χ0n) is 16.3. The van der Waals surface area contributed by atoms with E-state index in [0.29, 0.717) is 6.54 Å². The number of carbonyl (C=O) groups excluding carboxylic acids is 1. The van der Waals surface area contributed by atoms with E-state index in [2.05, 4.69) is 27.3 Å². The monoisotopic (exact) mass is 388 g/mol. The van der Waals surface area contributed by atoms with Gasteiger partial charge in [-0.15, -0.1) is 11.3 Å². The van der Waals surface area contributed by atoms with Crippen molar-refractivity contribution in [3.05, 3.63) is 46.2 Å². The van der Waals surface area contributed by atoms with Crippen molar-refractivity contribution < 1.29 is 14.3 Å². The Balaban J connectivity index is 1.53. The average Bonchev–Trinajstić information content (AvgIpc) is 3.37. The average molecular weight is 389 g/mol. The van der Waals surface area contributed by atoms with Crippen LogP contribution >= 0.6 is 11.3 Å². The summed E-state index contributed by atoms with van der Waals surface area (Å²) in [6.07, 6.45) is 3.02. The number of rotatable bonds is 8. The van der Waals surface area contributed by atoms with E-state index >= 15 is 0 Å². The van der Waals surface area contributed by atoms with Gasteiger partial charge in [-0.2, -0.15) is 0 Å². The number of amides is 1. The second-order valence-electron chi connectivity index (χ2n) is 6.94. The summed E-state index contributed by atoms with van der Waals surface area (Å²) in [5.41, 5.74) is 1.17. The van der Waals surface area contributed by atoms with Gasteiger partial charge in [0.1, 0.15) is 0 Å². The van der Waals surface area contributed by atoms with E-state index in [0.717, 1.165) is 43.9 Å². The lowest BCUT2D eigenvalue weighted by atomic mass is 10.1. The molecule has 27 heavy (non-hydrogen) atoms. The molecule has 2 aromatic rings. The summed E-state index contributed by atoms with van der Waals surface area (Å²) in [6, 6.07) is 10.4. The predicted octanol–water partition coefficient (Wildman–Crippen LogP) is 3.60. The third-order valence-electron chi connectivity index (χ3n) is 5.08. The number of hydrogen-bond donors (Lipinski definition) is 0. The quantitative estimate of drug-likeness (QED) is 0.693. The highest BCUT2D eigenvalue weighted by atomic mass is 32.1. The minimum atomic E-state index is 0.223. The number of likely N-dealkylation sites (N-methyl/N-ethyl adjacent to an activating group) is 1. The Morgan fingerprint density at radius 2 is 2.07 bits per heavy atom. The summed E-state index contributed by atoms with van der Waals surface area (Å²) >= 11 is 1.74. The smallest absolute Gasteiger partial charge is 0.237 e. The van der Waals surface area contributed by atoms with Crippen molar-refractivity contribution in [2.75, 3.05) is 40.9 Å². The SMILES string of the molecule is COc1ccc(CCN(C)CC(=O)N2CCC[C@@H]2c2cccs2)cc1OC. The highest BCUT2D eigenvalue weighted by molar-refractivity contribution is 7.10. The number of ether oxygens (including phenoxy) is 2. The molecule has 1 aliphatic rings. The fourth-order valence-corrected chi connectivity index (χ4v) is 4.47. The molecule has 6 heteroatoms. The molecule has 0 N–H and O–H groups in total. The van der Waals surface area contributed by atoms with E-state index < -0.39 is 0 Å². The molecule has 0 aliphatic carbocycles. The van der Waals surface area contributed by atoms with Crippen LogP contribution in [0.4, 0.5) is 0 Å². The van der Waals surface area contributed by atoms with Gasteiger partial charge in [0.05, 0.1) is 26.8 Å². The lowest BCUT2D eigenvalue weighted by Gasteiger charge is -2.26. The summed E-state index contributed by atoms with van der Waals surface area (Å²) in [7, 11) is 5.29. The molecule has 0 unspecified atom stereocenters. The predicted molar refractivity (Wildman–Crippen MR) is 109 cm³/mol. The largest absolute Gasteiger partial charge is 0.493 e. The van der Waals surface area contributed by atoms with Gasteiger partial charge in [-0.1, -0.05) is 12.1 Å². The highest BCUT2D eigenvalue weighted by Crippen LogP contribution is 2.34. The maximum absolute atomic E-state index is 12.8. The van der Waals surface area contributed by atoms with Gasteiger partial charge in [0.2, 0.25) is 5.91 Å². The lowest BCUT2D eigenvalue weighted by Crippen LogP contribution is -2.39. The van der Waals surface area contributed by atoms with Crippen molar-refractivity contribution in [3.63, 3.8) is 0 Å². The molecule has 1 amide bonds. The van der Waals surface area contributed by atoms with E-state index in [4.69, 9.17) is 9.47 Å². The van der Waals surface area contributed by atoms with Crippen LogP contribution in [-0.4, -0.2) is 56.6 Å². The van der Waals surface area contributed by atoms with Gasteiger partial charge >= 0.3 is 0 Å². The Hall–Kier alpha value is -2.05. The van der Waals surface area contributed by atoms with Crippen LogP contribution in [-0.2, 0) is 11.2 Å². The molecule has 1 aromatic carbocycles.